The molecule has 1 N–H and O–H groups in total. The number of aryl methyl sites for hydroxylation is 1. The molecule has 8 heteroatoms. The summed E-state index contributed by atoms with van der Waals surface area (Å²) in [5, 5.41) is 4.07. The Balaban J connectivity index is 1.83. The van der Waals surface area contributed by atoms with Crippen LogP contribution in [-0.2, 0) is 10.0 Å². The van der Waals surface area contributed by atoms with Gasteiger partial charge in [-0.2, -0.15) is 4.98 Å². The third-order valence-corrected chi connectivity index (χ3v) is 4.63. The number of rotatable bonds is 4. The van der Waals surface area contributed by atoms with E-state index < -0.39 is 10.0 Å². The van der Waals surface area contributed by atoms with Crippen molar-refractivity contribution in [1.82, 2.24) is 10.1 Å². The Kier molecular flexibility index (Phi) is 4.06. The van der Waals surface area contributed by atoms with Gasteiger partial charge in [0.2, 0.25) is 0 Å². The molecular weight excluding hydrogens is 338 g/mol. The van der Waals surface area contributed by atoms with E-state index in [1.54, 1.807) is 43.3 Å². The Morgan fingerprint density at radius 2 is 1.87 bits per heavy atom. The molecule has 0 saturated heterocycles. The molecule has 6 nitrogen and oxygen atoms in total. The van der Waals surface area contributed by atoms with Gasteiger partial charge in [0.25, 0.3) is 15.9 Å². The predicted molar refractivity (Wildman–Crippen MR) is 86.7 cm³/mol. The van der Waals surface area contributed by atoms with Crippen molar-refractivity contribution in [3.05, 3.63) is 59.4 Å². The molecule has 23 heavy (non-hydrogen) atoms. The Labute approximate surface area is 138 Å². The Morgan fingerprint density at radius 3 is 2.48 bits per heavy atom. The van der Waals surface area contributed by atoms with E-state index in [-0.39, 0.29) is 4.90 Å². The topological polar surface area (TPSA) is 85.1 Å². The van der Waals surface area contributed by atoms with Crippen LogP contribution >= 0.6 is 11.6 Å². The molecule has 0 unspecified atom stereocenters. The van der Waals surface area contributed by atoms with Crippen molar-refractivity contribution in [2.75, 3.05) is 4.72 Å². The van der Waals surface area contributed by atoms with E-state index in [9.17, 15) is 8.42 Å². The molecule has 118 valence electrons. The lowest BCUT2D eigenvalue weighted by Gasteiger charge is -2.08. The van der Waals surface area contributed by atoms with Crippen LogP contribution in [0.25, 0.3) is 11.5 Å². The van der Waals surface area contributed by atoms with Crippen LogP contribution < -0.4 is 4.72 Å². The highest BCUT2D eigenvalue weighted by Crippen LogP contribution is 2.22. The fourth-order valence-corrected chi connectivity index (χ4v) is 3.30. The number of hydrogen-bond donors (Lipinski definition) is 1. The predicted octanol–water partition coefficient (Wildman–Crippen LogP) is 3.50. The van der Waals surface area contributed by atoms with Gasteiger partial charge in [0.1, 0.15) is 0 Å². The lowest BCUT2D eigenvalue weighted by Crippen LogP contribution is -2.12. The number of nitrogens with zero attached hydrogens (tertiary/aromatic N) is 2. The number of aromatic nitrogens is 2. The summed E-state index contributed by atoms with van der Waals surface area (Å²) >= 11 is 5.83. The van der Waals surface area contributed by atoms with Crippen LogP contribution in [0.2, 0.25) is 5.02 Å². The van der Waals surface area contributed by atoms with Gasteiger partial charge in [-0.15, -0.1) is 0 Å². The minimum Gasteiger partial charge on any atom is -0.334 e. The largest absolute Gasteiger partial charge is 0.334 e. The first kappa shape index (κ1) is 15.5. The summed E-state index contributed by atoms with van der Waals surface area (Å²) < 4.78 is 32.2. The first-order chi connectivity index (χ1) is 10.9. The molecule has 0 aliphatic carbocycles. The molecule has 0 bridgehead atoms. The van der Waals surface area contributed by atoms with Gasteiger partial charge >= 0.3 is 0 Å². The monoisotopic (exact) mass is 349 g/mol. The van der Waals surface area contributed by atoms with Gasteiger partial charge < -0.3 is 4.52 Å². The van der Waals surface area contributed by atoms with Crippen LogP contribution in [0.1, 0.15) is 5.82 Å². The van der Waals surface area contributed by atoms with Crippen molar-refractivity contribution in [2.24, 2.45) is 0 Å². The third-order valence-electron chi connectivity index (χ3n) is 3.02. The summed E-state index contributed by atoms with van der Waals surface area (Å²) in [5.41, 5.74) is 1.13. The molecule has 0 fully saturated rings. The molecule has 0 radical (unpaired) electrons. The average molecular weight is 350 g/mol. The highest BCUT2D eigenvalue weighted by atomic mass is 35.5. The van der Waals surface area contributed by atoms with Crippen LogP contribution in [0.4, 0.5) is 5.69 Å². The van der Waals surface area contributed by atoms with Crippen LogP contribution in [0.5, 0.6) is 0 Å². The maximum absolute atomic E-state index is 12.3. The zero-order chi connectivity index (χ0) is 16.4. The van der Waals surface area contributed by atoms with Crippen LogP contribution in [-0.4, -0.2) is 18.6 Å². The van der Waals surface area contributed by atoms with Gasteiger partial charge in [-0.1, -0.05) is 22.8 Å². The van der Waals surface area contributed by atoms with E-state index >= 15 is 0 Å². The summed E-state index contributed by atoms with van der Waals surface area (Å²) in [4.78, 5) is 4.21. The fraction of sp³-hybridized carbons (Fsp3) is 0.0667. The number of nitrogens with one attached hydrogen (secondary N) is 1. The lowest BCUT2D eigenvalue weighted by atomic mass is 10.2. The van der Waals surface area contributed by atoms with E-state index in [1.165, 1.54) is 12.1 Å². The second kappa shape index (κ2) is 6.02. The SMILES string of the molecule is Cc1noc(-c2ccc(NS(=O)(=O)c3cccc(Cl)c3)cc2)n1. The number of benzene rings is 2. The minimum absolute atomic E-state index is 0.0987. The molecule has 0 spiro atoms. The van der Waals surface area contributed by atoms with Gasteiger partial charge in [0, 0.05) is 16.3 Å². The highest BCUT2D eigenvalue weighted by molar-refractivity contribution is 7.92. The van der Waals surface area contributed by atoms with Crippen molar-refractivity contribution >= 4 is 27.3 Å². The summed E-state index contributed by atoms with van der Waals surface area (Å²) in [5.74, 6) is 0.914. The molecular formula is C15H12ClN3O3S. The molecule has 1 aromatic heterocycles. The Morgan fingerprint density at radius 1 is 1.13 bits per heavy atom. The van der Waals surface area contributed by atoms with Crippen molar-refractivity contribution in [2.45, 2.75) is 11.8 Å². The molecule has 0 atom stereocenters. The zero-order valence-corrected chi connectivity index (χ0v) is 13.6. The summed E-state index contributed by atoms with van der Waals surface area (Å²) in [6, 6.07) is 12.7. The maximum atomic E-state index is 12.3. The first-order valence-corrected chi connectivity index (χ1v) is 8.49. The number of hydrogen-bond acceptors (Lipinski definition) is 5. The average Bonchev–Trinajstić information content (AvgIpc) is 2.94. The third kappa shape index (κ3) is 3.52. The van der Waals surface area contributed by atoms with Gasteiger partial charge in [-0.3, -0.25) is 4.72 Å². The van der Waals surface area contributed by atoms with E-state index in [2.05, 4.69) is 14.9 Å². The van der Waals surface area contributed by atoms with Gasteiger partial charge in [-0.25, -0.2) is 8.42 Å². The molecule has 2 aromatic carbocycles. The second-order valence-electron chi connectivity index (χ2n) is 4.79. The van der Waals surface area contributed by atoms with Gasteiger partial charge in [0.05, 0.1) is 4.90 Å². The van der Waals surface area contributed by atoms with Crippen molar-refractivity contribution in [1.29, 1.82) is 0 Å². The standard InChI is InChI=1S/C15H12ClN3O3S/c1-10-17-15(22-18-10)11-5-7-13(8-6-11)19-23(20,21)14-4-2-3-12(16)9-14/h2-9,19H,1H3. The Bertz CT molecular complexity index is 937. The van der Waals surface area contributed by atoms with E-state index in [0.717, 1.165) is 0 Å². The first-order valence-electron chi connectivity index (χ1n) is 6.63. The van der Waals surface area contributed by atoms with E-state index in [1.807, 2.05) is 0 Å². The van der Waals surface area contributed by atoms with Crippen molar-refractivity contribution < 1.29 is 12.9 Å². The maximum Gasteiger partial charge on any atom is 0.261 e. The second-order valence-corrected chi connectivity index (χ2v) is 6.91. The van der Waals surface area contributed by atoms with Crippen LogP contribution in [0.3, 0.4) is 0 Å². The molecule has 3 aromatic rings. The molecule has 3 rings (SSSR count). The van der Waals surface area contributed by atoms with E-state index in [4.69, 9.17) is 16.1 Å². The fourth-order valence-electron chi connectivity index (χ4n) is 1.94. The molecule has 0 amide bonds. The number of sulfonamides is 1. The molecule has 0 aliphatic rings. The van der Waals surface area contributed by atoms with Gasteiger partial charge in [0.15, 0.2) is 5.82 Å². The summed E-state index contributed by atoms with van der Waals surface area (Å²) in [7, 11) is -3.70. The van der Waals surface area contributed by atoms with Crippen LogP contribution in [0, 0.1) is 6.92 Å². The zero-order valence-electron chi connectivity index (χ0n) is 12.0. The highest BCUT2D eigenvalue weighted by Gasteiger charge is 2.15. The molecule has 1 heterocycles. The smallest absolute Gasteiger partial charge is 0.261 e. The molecule has 0 aliphatic heterocycles. The lowest BCUT2D eigenvalue weighted by molar-refractivity contribution is 0.425. The normalized spacial score (nSPS) is 11.4. The minimum atomic E-state index is -3.70. The van der Waals surface area contributed by atoms with Crippen molar-refractivity contribution in [3.8, 4) is 11.5 Å². The quantitative estimate of drug-likeness (QED) is 0.779. The van der Waals surface area contributed by atoms with Crippen LogP contribution in [0.15, 0.2) is 57.9 Å². The summed E-state index contributed by atoms with van der Waals surface area (Å²) in [6.07, 6.45) is 0. The van der Waals surface area contributed by atoms with Crippen molar-refractivity contribution in [3.63, 3.8) is 0 Å². The van der Waals surface area contributed by atoms with Gasteiger partial charge in [-0.05, 0) is 49.4 Å². The number of anilines is 1. The Hall–Kier alpha value is -2.38. The van der Waals surface area contributed by atoms with E-state index in [0.29, 0.717) is 28.0 Å². The summed E-state index contributed by atoms with van der Waals surface area (Å²) in [6.45, 7) is 1.72. The number of halogens is 1. The molecule has 0 saturated carbocycles.